The smallest absolute Gasteiger partial charge is 0.257 e. The highest BCUT2D eigenvalue weighted by Gasteiger charge is 2.34. The van der Waals surface area contributed by atoms with Gasteiger partial charge in [0.25, 0.3) is 5.91 Å². The van der Waals surface area contributed by atoms with Crippen LogP contribution >= 0.6 is 0 Å². The van der Waals surface area contributed by atoms with Gasteiger partial charge in [0, 0.05) is 19.5 Å². The highest BCUT2D eigenvalue weighted by atomic mass is 16.5. The zero-order chi connectivity index (χ0) is 23.7. The first kappa shape index (κ1) is 22.4. The van der Waals surface area contributed by atoms with Gasteiger partial charge in [0.05, 0.1) is 25.4 Å². The van der Waals surface area contributed by atoms with Crippen molar-refractivity contribution in [1.29, 1.82) is 0 Å². The Morgan fingerprint density at radius 2 is 1.79 bits per heavy atom. The molecule has 0 aromatic heterocycles. The Hall–Kier alpha value is -3.44. The van der Waals surface area contributed by atoms with E-state index in [0.29, 0.717) is 13.0 Å². The van der Waals surface area contributed by atoms with Crippen molar-refractivity contribution in [3.05, 3.63) is 100 Å². The first-order valence-electron chi connectivity index (χ1n) is 11.9. The van der Waals surface area contributed by atoms with Gasteiger partial charge in [-0.15, -0.1) is 0 Å². The molecule has 3 aromatic carbocycles. The molecule has 0 radical (unpaired) electrons. The lowest BCUT2D eigenvalue weighted by atomic mass is 9.94. The van der Waals surface area contributed by atoms with Crippen LogP contribution < -0.4 is 4.74 Å². The predicted octanol–water partition coefficient (Wildman–Crippen LogP) is 5.05. The van der Waals surface area contributed by atoms with Crippen LogP contribution in [0.5, 0.6) is 5.75 Å². The van der Waals surface area contributed by atoms with Crippen molar-refractivity contribution in [3.63, 3.8) is 0 Å². The molecule has 34 heavy (non-hydrogen) atoms. The fourth-order valence-corrected chi connectivity index (χ4v) is 5.09. The molecular weight excluding hydrogens is 422 g/mol. The van der Waals surface area contributed by atoms with E-state index in [0.717, 1.165) is 42.1 Å². The van der Waals surface area contributed by atoms with Crippen LogP contribution in [0.15, 0.2) is 71.8 Å². The molecule has 2 aliphatic rings. The van der Waals surface area contributed by atoms with E-state index in [1.54, 1.807) is 12.1 Å². The maximum atomic E-state index is 13.6. The summed E-state index contributed by atoms with van der Waals surface area (Å²) < 4.78 is 5.31. The molecule has 0 saturated carbocycles. The Labute approximate surface area is 201 Å². The molecule has 0 N–H and O–H groups in total. The van der Waals surface area contributed by atoms with E-state index < -0.39 is 0 Å². The maximum absolute atomic E-state index is 13.6. The van der Waals surface area contributed by atoms with Gasteiger partial charge in [-0.3, -0.25) is 9.69 Å². The lowest BCUT2D eigenvalue weighted by Crippen LogP contribution is -2.40. The minimum Gasteiger partial charge on any atom is -0.497 e. The highest BCUT2D eigenvalue weighted by molar-refractivity contribution is 6.03. The Kier molecular flexibility index (Phi) is 6.20. The molecule has 174 valence electrons. The molecule has 5 nitrogen and oxygen atoms in total. The fourth-order valence-electron chi connectivity index (χ4n) is 5.09. The second kappa shape index (κ2) is 9.43. The second-order valence-corrected chi connectivity index (χ2v) is 9.32. The molecule has 0 unspecified atom stereocenters. The topological polar surface area (TPSA) is 45.1 Å². The van der Waals surface area contributed by atoms with E-state index in [9.17, 15) is 4.79 Å². The lowest BCUT2D eigenvalue weighted by molar-refractivity contribution is -0.134. The zero-order valence-electron chi connectivity index (χ0n) is 20.1. The molecule has 1 atom stereocenters. The predicted molar refractivity (Wildman–Crippen MR) is 135 cm³/mol. The molecular formula is C29H31N3O2. The van der Waals surface area contributed by atoms with Crippen LogP contribution in [0.1, 0.15) is 45.8 Å². The quantitative estimate of drug-likeness (QED) is 0.543. The number of hydrogen-bond donors (Lipinski definition) is 0. The minimum atomic E-state index is -0.0951. The first-order valence-corrected chi connectivity index (χ1v) is 11.9. The fraction of sp³-hybridized carbons (Fsp3) is 0.310. The van der Waals surface area contributed by atoms with E-state index in [2.05, 4.69) is 61.2 Å². The summed E-state index contributed by atoms with van der Waals surface area (Å²) in [5.74, 6) is 0.861. The Morgan fingerprint density at radius 3 is 2.53 bits per heavy atom. The number of aryl methyl sites for hydroxylation is 2. The van der Waals surface area contributed by atoms with Crippen molar-refractivity contribution in [3.8, 4) is 5.75 Å². The normalized spacial score (nSPS) is 17.9. The van der Waals surface area contributed by atoms with Crippen LogP contribution in [0.4, 0.5) is 0 Å². The standard InChI is InChI=1S/C29H31N3O2/c1-20-8-13-26(21(2)16-20)28-17-27(23-9-11-25(34-3)12-10-23)30-32(28)29(33)19-31-15-14-22-6-4-5-7-24(22)18-31/h4-13,16,28H,14-15,17-19H2,1-3H3/t28-/m1/s1. The van der Waals surface area contributed by atoms with Gasteiger partial charge in [-0.05, 0) is 72.4 Å². The summed E-state index contributed by atoms with van der Waals surface area (Å²) in [6.07, 6.45) is 1.68. The number of benzene rings is 3. The maximum Gasteiger partial charge on any atom is 0.257 e. The van der Waals surface area contributed by atoms with E-state index >= 15 is 0 Å². The van der Waals surface area contributed by atoms with Crippen molar-refractivity contribution < 1.29 is 9.53 Å². The Bertz CT molecular complexity index is 1230. The number of ether oxygens (including phenoxy) is 1. The number of carbonyl (C=O) groups excluding carboxylic acids is 1. The number of nitrogens with zero attached hydrogens (tertiary/aromatic N) is 3. The molecule has 0 fully saturated rings. The number of methoxy groups -OCH3 is 1. The average Bonchev–Trinajstić information content (AvgIpc) is 3.29. The van der Waals surface area contributed by atoms with Gasteiger partial charge in [0.2, 0.25) is 0 Å². The largest absolute Gasteiger partial charge is 0.497 e. The molecule has 2 heterocycles. The highest BCUT2D eigenvalue weighted by Crippen LogP contribution is 2.35. The van der Waals surface area contributed by atoms with Gasteiger partial charge in [-0.1, -0.05) is 48.0 Å². The van der Waals surface area contributed by atoms with E-state index in [1.807, 2.05) is 24.3 Å². The van der Waals surface area contributed by atoms with Crippen LogP contribution in [-0.2, 0) is 17.8 Å². The van der Waals surface area contributed by atoms with Crippen LogP contribution in [0.25, 0.3) is 0 Å². The third-order valence-corrected chi connectivity index (χ3v) is 6.94. The first-order chi connectivity index (χ1) is 16.5. The molecule has 0 saturated heterocycles. The molecule has 1 amide bonds. The molecule has 5 rings (SSSR count). The van der Waals surface area contributed by atoms with Crippen molar-refractivity contribution in [2.45, 2.75) is 39.3 Å². The summed E-state index contributed by atoms with van der Waals surface area (Å²) in [5, 5.41) is 6.61. The molecule has 0 aliphatic carbocycles. The summed E-state index contributed by atoms with van der Waals surface area (Å²) in [4.78, 5) is 15.9. The number of amides is 1. The molecule has 2 aliphatic heterocycles. The van der Waals surface area contributed by atoms with Gasteiger partial charge in [-0.2, -0.15) is 5.10 Å². The van der Waals surface area contributed by atoms with Crippen LogP contribution in [0.3, 0.4) is 0 Å². The van der Waals surface area contributed by atoms with Crippen LogP contribution in [0.2, 0.25) is 0 Å². The number of hydrogen-bond acceptors (Lipinski definition) is 4. The lowest BCUT2D eigenvalue weighted by Gasteiger charge is -2.30. The van der Waals surface area contributed by atoms with Gasteiger partial charge in [-0.25, -0.2) is 5.01 Å². The van der Waals surface area contributed by atoms with Crippen molar-refractivity contribution in [2.75, 3.05) is 20.2 Å². The summed E-state index contributed by atoms with van der Waals surface area (Å²) in [6, 6.07) is 22.8. The van der Waals surface area contributed by atoms with Gasteiger partial charge in [0.15, 0.2) is 0 Å². The number of fused-ring (bicyclic) bond motifs is 1. The molecule has 0 spiro atoms. The summed E-state index contributed by atoms with van der Waals surface area (Å²) in [7, 11) is 1.66. The van der Waals surface area contributed by atoms with Gasteiger partial charge >= 0.3 is 0 Å². The second-order valence-electron chi connectivity index (χ2n) is 9.32. The Morgan fingerprint density at radius 1 is 1.03 bits per heavy atom. The summed E-state index contributed by atoms with van der Waals surface area (Å²) >= 11 is 0. The van der Waals surface area contributed by atoms with Gasteiger partial charge < -0.3 is 4.74 Å². The summed E-state index contributed by atoms with van der Waals surface area (Å²) in [6.45, 7) is 6.29. The number of carbonyl (C=O) groups is 1. The Balaban J connectivity index is 1.41. The van der Waals surface area contributed by atoms with Gasteiger partial charge in [0.1, 0.15) is 5.75 Å². The summed E-state index contributed by atoms with van der Waals surface area (Å²) in [5.41, 5.74) is 8.25. The third kappa shape index (κ3) is 4.48. The zero-order valence-corrected chi connectivity index (χ0v) is 20.1. The number of rotatable bonds is 5. The van der Waals surface area contributed by atoms with Crippen molar-refractivity contribution in [2.24, 2.45) is 5.10 Å². The van der Waals surface area contributed by atoms with Crippen molar-refractivity contribution in [1.82, 2.24) is 9.91 Å². The molecule has 5 heteroatoms. The monoisotopic (exact) mass is 453 g/mol. The van der Waals surface area contributed by atoms with Crippen LogP contribution in [-0.4, -0.2) is 41.7 Å². The molecule has 0 bridgehead atoms. The number of hydrazone groups is 1. The van der Waals surface area contributed by atoms with E-state index in [-0.39, 0.29) is 11.9 Å². The SMILES string of the molecule is COc1ccc(C2=NN(C(=O)CN3CCc4ccccc4C3)[C@@H](c3ccc(C)cc3C)C2)cc1. The third-order valence-electron chi connectivity index (χ3n) is 6.94. The molecule has 3 aromatic rings. The average molecular weight is 454 g/mol. The van der Waals surface area contributed by atoms with E-state index in [4.69, 9.17) is 9.84 Å². The minimum absolute atomic E-state index is 0.0490. The van der Waals surface area contributed by atoms with E-state index in [1.165, 1.54) is 22.3 Å². The van der Waals surface area contributed by atoms with Crippen LogP contribution in [0, 0.1) is 13.8 Å². The van der Waals surface area contributed by atoms with Crippen molar-refractivity contribution >= 4 is 11.6 Å².